The van der Waals surface area contributed by atoms with E-state index in [1.807, 2.05) is 19.1 Å². The van der Waals surface area contributed by atoms with E-state index in [-0.39, 0.29) is 11.6 Å². The Morgan fingerprint density at radius 2 is 2.31 bits per heavy atom. The van der Waals surface area contributed by atoms with Gasteiger partial charge in [0.05, 0.1) is 11.6 Å². The van der Waals surface area contributed by atoms with Crippen LogP contribution in [0.1, 0.15) is 44.3 Å². The van der Waals surface area contributed by atoms with Crippen LogP contribution in [0.4, 0.5) is 0 Å². The molecule has 1 fully saturated rings. The molecular weight excluding hydrogens is 202 g/mol. The average Bonchev–Trinajstić information content (AvgIpc) is 2.85. The lowest BCUT2D eigenvalue weighted by atomic mass is 10.0. The molecular formula is C13H21NO2. The number of ether oxygens (including phenoxy) is 1. The molecule has 1 aromatic heterocycles. The highest BCUT2D eigenvalue weighted by atomic mass is 16.5. The summed E-state index contributed by atoms with van der Waals surface area (Å²) in [5.41, 5.74) is 0.00982. The van der Waals surface area contributed by atoms with Gasteiger partial charge in [0.1, 0.15) is 11.5 Å². The second kappa shape index (κ2) is 4.60. The maximum atomic E-state index is 5.74. The number of aryl methyl sites for hydroxylation is 1. The molecule has 0 amide bonds. The zero-order chi connectivity index (χ0) is 11.6. The largest absolute Gasteiger partial charge is 0.465 e. The molecule has 1 aliphatic rings. The zero-order valence-electron chi connectivity index (χ0n) is 10.4. The highest BCUT2D eigenvalue weighted by Gasteiger charge is 2.30. The van der Waals surface area contributed by atoms with Crippen molar-refractivity contribution in [1.29, 1.82) is 0 Å². The van der Waals surface area contributed by atoms with Gasteiger partial charge in [0, 0.05) is 13.2 Å². The Balaban J connectivity index is 1.86. The lowest BCUT2D eigenvalue weighted by molar-refractivity contribution is 0.0186. The Kier molecular flexibility index (Phi) is 3.36. The van der Waals surface area contributed by atoms with Crippen LogP contribution in [0, 0.1) is 6.92 Å². The topological polar surface area (TPSA) is 34.4 Å². The fourth-order valence-electron chi connectivity index (χ4n) is 2.13. The van der Waals surface area contributed by atoms with Gasteiger partial charge in [-0.05, 0) is 45.7 Å². The summed E-state index contributed by atoms with van der Waals surface area (Å²) in [6.45, 7) is 8.04. The van der Waals surface area contributed by atoms with Crippen LogP contribution in [0.2, 0.25) is 0 Å². The van der Waals surface area contributed by atoms with Gasteiger partial charge in [0.15, 0.2) is 0 Å². The molecule has 0 saturated carbocycles. The van der Waals surface area contributed by atoms with Crippen molar-refractivity contribution in [3.8, 4) is 0 Å². The number of hydrogen-bond acceptors (Lipinski definition) is 3. The first-order valence-electron chi connectivity index (χ1n) is 6.03. The van der Waals surface area contributed by atoms with Gasteiger partial charge in [-0.25, -0.2) is 0 Å². The Morgan fingerprint density at radius 1 is 1.50 bits per heavy atom. The van der Waals surface area contributed by atoms with E-state index in [0.717, 1.165) is 31.1 Å². The van der Waals surface area contributed by atoms with E-state index in [0.29, 0.717) is 0 Å². The zero-order valence-corrected chi connectivity index (χ0v) is 10.4. The molecule has 2 heterocycles. The molecule has 2 atom stereocenters. The summed E-state index contributed by atoms with van der Waals surface area (Å²) in [6, 6.07) is 4.28. The minimum Gasteiger partial charge on any atom is -0.465 e. The van der Waals surface area contributed by atoms with Crippen LogP contribution in [0.5, 0.6) is 0 Å². The Morgan fingerprint density at radius 3 is 2.88 bits per heavy atom. The molecule has 3 nitrogen and oxygen atoms in total. The van der Waals surface area contributed by atoms with Crippen molar-refractivity contribution in [3.63, 3.8) is 0 Å². The van der Waals surface area contributed by atoms with Crippen LogP contribution >= 0.6 is 0 Å². The number of furan rings is 1. The highest BCUT2D eigenvalue weighted by Crippen LogP contribution is 2.25. The van der Waals surface area contributed by atoms with Gasteiger partial charge in [-0.3, -0.25) is 0 Å². The van der Waals surface area contributed by atoms with Crippen molar-refractivity contribution in [1.82, 2.24) is 5.32 Å². The van der Waals surface area contributed by atoms with E-state index >= 15 is 0 Å². The second-order valence-electron chi connectivity index (χ2n) is 4.95. The molecule has 0 radical (unpaired) electrons. The Hall–Kier alpha value is -0.800. The number of hydrogen-bond donors (Lipinski definition) is 1. The van der Waals surface area contributed by atoms with Crippen molar-refractivity contribution in [2.24, 2.45) is 0 Å². The first-order chi connectivity index (χ1) is 7.59. The molecule has 2 rings (SSSR count). The van der Waals surface area contributed by atoms with E-state index in [1.54, 1.807) is 0 Å². The molecule has 90 valence electrons. The smallest absolute Gasteiger partial charge is 0.120 e. The lowest BCUT2D eigenvalue weighted by Gasteiger charge is -2.25. The fourth-order valence-corrected chi connectivity index (χ4v) is 2.13. The lowest BCUT2D eigenvalue weighted by Crippen LogP contribution is -2.38. The van der Waals surface area contributed by atoms with Crippen LogP contribution in [-0.2, 0) is 4.74 Å². The average molecular weight is 223 g/mol. The van der Waals surface area contributed by atoms with Crippen LogP contribution in [0.3, 0.4) is 0 Å². The van der Waals surface area contributed by atoms with Crippen LogP contribution in [0.15, 0.2) is 16.5 Å². The van der Waals surface area contributed by atoms with Crippen molar-refractivity contribution in [3.05, 3.63) is 23.7 Å². The number of rotatable bonds is 4. The van der Waals surface area contributed by atoms with Gasteiger partial charge in [-0.1, -0.05) is 0 Å². The van der Waals surface area contributed by atoms with Crippen LogP contribution in [-0.4, -0.2) is 18.8 Å². The van der Waals surface area contributed by atoms with E-state index < -0.39 is 0 Å². The normalized spacial score (nSPS) is 27.2. The minimum atomic E-state index is 0.00982. The summed E-state index contributed by atoms with van der Waals surface area (Å²) in [7, 11) is 0. The molecule has 0 aromatic carbocycles. The van der Waals surface area contributed by atoms with Crippen molar-refractivity contribution < 1.29 is 9.15 Å². The molecule has 2 unspecified atom stereocenters. The van der Waals surface area contributed by atoms with Gasteiger partial charge in [0.2, 0.25) is 0 Å². The highest BCUT2D eigenvalue weighted by molar-refractivity contribution is 5.09. The molecule has 1 N–H and O–H groups in total. The molecule has 1 aromatic rings. The summed E-state index contributed by atoms with van der Waals surface area (Å²) in [5, 5.41) is 3.48. The Labute approximate surface area is 97.2 Å². The van der Waals surface area contributed by atoms with Crippen LogP contribution < -0.4 is 5.32 Å². The molecule has 3 heteroatoms. The van der Waals surface area contributed by atoms with Gasteiger partial charge in [-0.15, -0.1) is 0 Å². The molecule has 0 aliphatic carbocycles. The third-order valence-electron chi connectivity index (χ3n) is 3.27. The number of nitrogens with one attached hydrogen (secondary N) is 1. The molecule has 1 aliphatic heterocycles. The molecule has 16 heavy (non-hydrogen) atoms. The summed E-state index contributed by atoms with van der Waals surface area (Å²) < 4.78 is 11.3. The predicted octanol–water partition coefficient (Wildman–Crippen LogP) is 2.81. The van der Waals surface area contributed by atoms with Gasteiger partial charge in [0.25, 0.3) is 0 Å². The standard InChI is InChI=1S/C13H21NO2/c1-10-5-6-12(16-10)11(2)14-9-13(3)7-4-8-15-13/h5-6,11,14H,4,7-9H2,1-3H3. The second-order valence-corrected chi connectivity index (χ2v) is 4.95. The SMILES string of the molecule is Cc1ccc(C(C)NCC2(C)CCCO2)o1. The van der Waals surface area contributed by atoms with Crippen molar-refractivity contribution in [2.45, 2.75) is 45.3 Å². The third kappa shape index (κ3) is 2.66. The summed E-state index contributed by atoms with van der Waals surface area (Å²) in [6.07, 6.45) is 2.32. The van der Waals surface area contributed by atoms with Crippen LogP contribution in [0.25, 0.3) is 0 Å². The Bertz CT molecular complexity index is 339. The molecule has 0 bridgehead atoms. The fraction of sp³-hybridized carbons (Fsp3) is 0.692. The third-order valence-corrected chi connectivity index (χ3v) is 3.27. The first-order valence-corrected chi connectivity index (χ1v) is 6.03. The molecule has 0 spiro atoms. The van der Waals surface area contributed by atoms with Gasteiger partial charge in [-0.2, -0.15) is 0 Å². The first kappa shape index (κ1) is 11.7. The summed E-state index contributed by atoms with van der Waals surface area (Å²) in [4.78, 5) is 0. The predicted molar refractivity (Wildman–Crippen MR) is 63.5 cm³/mol. The summed E-state index contributed by atoms with van der Waals surface area (Å²) in [5.74, 6) is 1.96. The van der Waals surface area contributed by atoms with E-state index in [9.17, 15) is 0 Å². The monoisotopic (exact) mass is 223 g/mol. The quantitative estimate of drug-likeness (QED) is 0.852. The van der Waals surface area contributed by atoms with Crippen molar-refractivity contribution >= 4 is 0 Å². The van der Waals surface area contributed by atoms with Gasteiger partial charge < -0.3 is 14.5 Å². The molecule has 1 saturated heterocycles. The van der Waals surface area contributed by atoms with E-state index in [4.69, 9.17) is 9.15 Å². The van der Waals surface area contributed by atoms with Crippen molar-refractivity contribution in [2.75, 3.05) is 13.2 Å². The maximum absolute atomic E-state index is 5.74. The maximum Gasteiger partial charge on any atom is 0.120 e. The summed E-state index contributed by atoms with van der Waals surface area (Å²) >= 11 is 0. The van der Waals surface area contributed by atoms with E-state index in [1.165, 1.54) is 6.42 Å². The van der Waals surface area contributed by atoms with E-state index in [2.05, 4.69) is 19.2 Å². The van der Waals surface area contributed by atoms with Gasteiger partial charge >= 0.3 is 0 Å². The minimum absolute atomic E-state index is 0.00982.